The van der Waals surface area contributed by atoms with Crippen LogP contribution in [0, 0.1) is 0 Å². The largest absolute Gasteiger partial charge is 0.506 e. The Morgan fingerprint density at radius 1 is 1.12 bits per heavy atom. The minimum Gasteiger partial charge on any atom is -0.506 e. The van der Waals surface area contributed by atoms with Crippen molar-refractivity contribution in [3.8, 4) is 11.5 Å². The molecule has 0 fully saturated rings. The van der Waals surface area contributed by atoms with Crippen molar-refractivity contribution < 1.29 is 10.2 Å². The van der Waals surface area contributed by atoms with Gasteiger partial charge in [0, 0.05) is 12.3 Å². The van der Waals surface area contributed by atoms with Crippen LogP contribution in [0.5, 0.6) is 11.5 Å². The van der Waals surface area contributed by atoms with Crippen molar-refractivity contribution in [1.82, 2.24) is 4.98 Å². The first-order valence-corrected chi connectivity index (χ1v) is 4.80. The van der Waals surface area contributed by atoms with Crippen LogP contribution >= 0.6 is 0 Å². The third-order valence-electron chi connectivity index (χ3n) is 2.04. The van der Waals surface area contributed by atoms with Gasteiger partial charge in [0.25, 0.3) is 0 Å². The second kappa shape index (κ2) is 4.48. The van der Waals surface area contributed by atoms with Crippen molar-refractivity contribution in [2.45, 2.75) is 0 Å². The molecule has 4 N–H and O–H groups in total. The minimum absolute atomic E-state index is 0.128. The molecule has 86 valence electrons. The Morgan fingerprint density at radius 2 is 1.94 bits per heavy atom. The zero-order chi connectivity index (χ0) is 12.3. The second-order valence-electron chi connectivity index (χ2n) is 3.31. The lowest BCUT2D eigenvalue weighted by molar-refractivity contribution is 0.453. The van der Waals surface area contributed by atoms with Crippen molar-refractivity contribution in [3.63, 3.8) is 0 Å². The number of hydrogen-bond donors (Lipinski definition) is 3. The Morgan fingerprint density at radius 3 is 2.65 bits per heavy atom. The van der Waals surface area contributed by atoms with Gasteiger partial charge in [-0.15, -0.1) is 10.2 Å². The van der Waals surface area contributed by atoms with E-state index in [1.165, 1.54) is 12.3 Å². The first kappa shape index (κ1) is 10.9. The van der Waals surface area contributed by atoms with Gasteiger partial charge in [-0.25, -0.2) is 0 Å². The van der Waals surface area contributed by atoms with E-state index in [0.717, 1.165) is 6.07 Å². The highest BCUT2D eigenvalue weighted by molar-refractivity contribution is 5.66. The summed E-state index contributed by atoms with van der Waals surface area (Å²) in [6.07, 6.45) is 3.15. The van der Waals surface area contributed by atoms with Crippen LogP contribution in [0.4, 0.5) is 17.1 Å². The van der Waals surface area contributed by atoms with Crippen LogP contribution in [0.1, 0.15) is 0 Å². The highest BCUT2D eigenvalue weighted by Gasteiger charge is 2.05. The van der Waals surface area contributed by atoms with Gasteiger partial charge in [0.1, 0.15) is 22.9 Å². The van der Waals surface area contributed by atoms with Gasteiger partial charge in [-0.05, 0) is 18.2 Å². The van der Waals surface area contributed by atoms with E-state index in [9.17, 15) is 10.2 Å². The number of rotatable bonds is 2. The molecule has 0 saturated heterocycles. The Hall–Kier alpha value is -2.63. The van der Waals surface area contributed by atoms with Gasteiger partial charge in [-0.3, -0.25) is 4.98 Å². The number of nitrogens with two attached hydrogens (primary N) is 1. The molecule has 0 aliphatic rings. The van der Waals surface area contributed by atoms with Gasteiger partial charge in [0.05, 0.1) is 11.9 Å². The SMILES string of the molecule is Nc1cc(N=Nc2cccnc2)c(O)cc1O. The van der Waals surface area contributed by atoms with Crippen molar-refractivity contribution in [1.29, 1.82) is 0 Å². The number of benzene rings is 1. The summed E-state index contributed by atoms with van der Waals surface area (Å²) in [7, 11) is 0. The van der Waals surface area contributed by atoms with E-state index in [-0.39, 0.29) is 22.9 Å². The Labute approximate surface area is 97.1 Å². The smallest absolute Gasteiger partial charge is 0.146 e. The lowest BCUT2D eigenvalue weighted by Crippen LogP contribution is -1.84. The molecule has 0 saturated carbocycles. The summed E-state index contributed by atoms with van der Waals surface area (Å²) in [4.78, 5) is 3.87. The summed E-state index contributed by atoms with van der Waals surface area (Å²) in [6.45, 7) is 0. The maximum atomic E-state index is 9.51. The summed E-state index contributed by atoms with van der Waals surface area (Å²) in [6, 6.07) is 5.90. The first-order chi connectivity index (χ1) is 8.16. The van der Waals surface area contributed by atoms with Gasteiger partial charge < -0.3 is 15.9 Å². The Bertz CT molecular complexity index is 555. The van der Waals surface area contributed by atoms with Gasteiger partial charge in [-0.2, -0.15) is 0 Å². The molecular formula is C11H10N4O2. The standard InChI is InChI=1S/C11H10N4O2/c12-8-4-9(11(17)5-10(8)16)15-14-7-2-1-3-13-6-7/h1-6,16-17H,12H2. The zero-order valence-corrected chi connectivity index (χ0v) is 8.78. The number of nitrogens with zero attached hydrogens (tertiary/aromatic N) is 3. The molecule has 2 rings (SSSR count). The van der Waals surface area contributed by atoms with E-state index in [1.54, 1.807) is 18.3 Å². The quantitative estimate of drug-likeness (QED) is 0.319. The van der Waals surface area contributed by atoms with E-state index >= 15 is 0 Å². The molecule has 1 aromatic carbocycles. The van der Waals surface area contributed by atoms with Gasteiger partial charge in [0.2, 0.25) is 0 Å². The number of hydrogen-bond acceptors (Lipinski definition) is 6. The average Bonchev–Trinajstić information content (AvgIpc) is 2.33. The molecule has 0 aliphatic carbocycles. The maximum absolute atomic E-state index is 9.51. The fraction of sp³-hybridized carbons (Fsp3) is 0. The van der Waals surface area contributed by atoms with Crippen LogP contribution in [-0.4, -0.2) is 15.2 Å². The number of phenols is 2. The highest BCUT2D eigenvalue weighted by Crippen LogP contribution is 2.35. The predicted octanol–water partition coefficient (Wildman–Crippen LogP) is 2.49. The van der Waals surface area contributed by atoms with E-state index in [2.05, 4.69) is 15.2 Å². The van der Waals surface area contributed by atoms with Crippen molar-refractivity contribution in [3.05, 3.63) is 36.7 Å². The monoisotopic (exact) mass is 230 g/mol. The molecule has 0 spiro atoms. The fourth-order valence-corrected chi connectivity index (χ4v) is 1.19. The number of nitrogen functional groups attached to an aromatic ring is 1. The van der Waals surface area contributed by atoms with Crippen LogP contribution in [0.2, 0.25) is 0 Å². The molecule has 1 heterocycles. The lowest BCUT2D eigenvalue weighted by Gasteiger charge is -2.01. The van der Waals surface area contributed by atoms with E-state index in [0.29, 0.717) is 5.69 Å². The van der Waals surface area contributed by atoms with Crippen LogP contribution in [0.3, 0.4) is 0 Å². The minimum atomic E-state index is -0.192. The molecular weight excluding hydrogens is 220 g/mol. The molecule has 0 radical (unpaired) electrons. The van der Waals surface area contributed by atoms with Gasteiger partial charge in [-0.1, -0.05) is 0 Å². The van der Waals surface area contributed by atoms with Gasteiger partial charge in [0.15, 0.2) is 0 Å². The molecule has 6 nitrogen and oxygen atoms in total. The first-order valence-electron chi connectivity index (χ1n) is 4.80. The summed E-state index contributed by atoms with van der Waals surface area (Å²) in [5.74, 6) is -0.382. The predicted molar refractivity (Wildman–Crippen MR) is 62.6 cm³/mol. The number of anilines is 1. The van der Waals surface area contributed by atoms with Crippen molar-refractivity contribution in [2.24, 2.45) is 10.2 Å². The molecule has 17 heavy (non-hydrogen) atoms. The van der Waals surface area contributed by atoms with Crippen LogP contribution in [-0.2, 0) is 0 Å². The topological polar surface area (TPSA) is 104 Å². The summed E-state index contributed by atoms with van der Waals surface area (Å²) < 4.78 is 0. The molecule has 6 heteroatoms. The van der Waals surface area contributed by atoms with Crippen LogP contribution in [0.15, 0.2) is 46.9 Å². The Balaban J connectivity index is 2.31. The number of aromatic hydroxyl groups is 2. The van der Waals surface area contributed by atoms with Crippen LogP contribution < -0.4 is 5.73 Å². The highest BCUT2D eigenvalue weighted by atomic mass is 16.3. The lowest BCUT2D eigenvalue weighted by atomic mass is 10.2. The number of phenolic OH excluding ortho intramolecular Hbond substituents is 2. The van der Waals surface area contributed by atoms with Crippen LogP contribution in [0.25, 0.3) is 0 Å². The molecule has 0 bridgehead atoms. The molecule has 0 atom stereocenters. The molecule has 2 aromatic rings. The van der Waals surface area contributed by atoms with E-state index in [1.807, 2.05) is 0 Å². The van der Waals surface area contributed by atoms with E-state index < -0.39 is 0 Å². The number of aromatic nitrogens is 1. The van der Waals surface area contributed by atoms with Gasteiger partial charge >= 0.3 is 0 Å². The third kappa shape index (κ3) is 2.49. The number of pyridine rings is 1. The molecule has 0 amide bonds. The maximum Gasteiger partial charge on any atom is 0.146 e. The summed E-state index contributed by atoms with van der Waals surface area (Å²) in [5, 5.41) is 26.4. The Kier molecular flexibility index (Phi) is 2.87. The van der Waals surface area contributed by atoms with Crippen molar-refractivity contribution in [2.75, 3.05) is 5.73 Å². The molecule has 0 unspecified atom stereocenters. The molecule has 1 aromatic heterocycles. The summed E-state index contributed by atoms with van der Waals surface area (Å²) in [5.41, 5.74) is 6.35. The molecule has 0 aliphatic heterocycles. The zero-order valence-electron chi connectivity index (χ0n) is 8.78. The second-order valence-corrected chi connectivity index (χ2v) is 3.31. The average molecular weight is 230 g/mol. The number of azo groups is 1. The summed E-state index contributed by atoms with van der Waals surface area (Å²) >= 11 is 0. The van der Waals surface area contributed by atoms with Crippen molar-refractivity contribution >= 4 is 17.1 Å². The fourth-order valence-electron chi connectivity index (χ4n) is 1.19. The normalized spacial score (nSPS) is 10.8. The van der Waals surface area contributed by atoms with E-state index in [4.69, 9.17) is 5.73 Å². The third-order valence-corrected chi connectivity index (χ3v) is 2.04.